The molecule has 0 aliphatic carbocycles. The van der Waals surface area contributed by atoms with Crippen molar-refractivity contribution in [1.82, 2.24) is 10.3 Å². The maximum Gasteiger partial charge on any atom is 0.220 e. The largest absolute Gasteiger partial charge is 0.356 e. The zero-order valence-corrected chi connectivity index (χ0v) is 14.0. The van der Waals surface area contributed by atoms with Crippen molar-refractivity contribution in [2.45, 2.75) is 26.7 Å². The first-order valence-electron chi connectivity index (χ1n) is 6.85. The fraction of sp³-hybridized carbons (Fsp3) is 0.467. The third kappa shape index (κ3) is 2.74. The number of amides is 1. The topological polar surface area (TPSA) is 42.0 Å². The number of carbonyl (C=O) groups is 1. The highest BCUT2D eigenvalue weighted by Crippen LogP contribution is 2.32. The quantitative estimate of drug-likeness (QED) is 0.915. The van der Waals surface area contributed by atoms with Crippen LogP contribution < -0.4 is 5.32 Å². The number of fused-ring (bicyclic) bond motifs is 1. The van der Waals surface area contributed by atoms with E-state index in [0.717, 1.165) is 28.0 Å². The maximum absolute atomic E-state index is 11.4. The minimum absolute atomic E-state index is 0.190. The molecular formula is C15H17BrN2OS. The zero-order chi connectivity index (χ0) is 14.3. The van der Waals surface area contributed by atoms with Gasteiger partial charge in [-0.25, -0.2) is 4.98 Å². The van der Waals surface area contributed by atoms with E-state index in [4.69, 9.17) is 0 Å². The van der Waals surface area contributed by atoms with Crippen LogP contribution in [0, 0.1) is 18.8 Å². The van der Waals surface area contributed by atoms with Crippen molar-refractivity contribution in [3.05, 3.63) is 27.2 Å². The summed E-state index contributed by atoms with van der Waals surface area (Å²) in [6.45, 7) is 5.11. The van der Waals surface area contributed by atoms with E-state index in [-0.39, 0.29) is 5.91 Å². The van der Waals surface area contributed by atoms with Crippen LogP contribution in [0.25, 0.3) is 10.2 Å². The molecule has 2 aromatic rings. The molecule has 0 bridgehead atoms. The van der Waals surface area contributed by atoms with Gasteiger partial charge in [-0.2, -0.15) is 0 Å². The summed E-state index contributed by atoms with van der Waals surface area (Å²) < 4.78 is 2.37. The molecule has 1 saturated heterocycles. The Bertz CT molecular complexity index is 667. The molecule has 20 heavy (non-hydrogen) atoms. The Hall–Kier alpha value is -0.940. The predicted molar refractivity (Wildman–Crippen MR) is 86.0 cm³/mol. The van der Waals surface area contributed by atoms with Gasteiger partial charge in [-0.05, 0) is 42.9 Å². The Balaban J connectivity index is 1.88. The Morgan fingerprint density at radius 1 is 1.55 bits per heavy atom. The molecule has 106 valence electrons. The van der Waals surface area contributed by atoms with Crippen molar-refractivity contribution in [2.24, 2.45) is 11.8 Å². The summed E-state index contributed by atoms with van der Waals surface area (Å²) >= 11 is 5.33. The fourth-order valence-corrected chi connectivity index (χ4v) is 4.29. The van der Waals surface area contributed by atoms with Gasteiger partial charge in [-0.3, -0.25) is 4.79 Å². The summed E-state index contributed by atoms with van der Waals surface area (Å²) in [6, 6.07) is 4.27. The number of halogens is 1. The molecule has 1 aliphatic rings. The lowest BCUT2D eigenvalue weighted by Gasteiger charge is -2.17. The van der Waals surface area contributed by atoms with E-state index in [1.54, 1.807) is 11.3 Å². The van der Waals surface area contributed by atoms with Crippen molar-refractivity contribution in [3.63, 3.8) is 0 Å². The highest BCUT2D eigenvalue weighted by Gasteiger charge is 2.27. The number of thiazole rings is 1. The van der Waals surface area contributed by atoms with Gasteiger partial charge in [-0.15, -0.1) is 11.3 Å². The van der Waals surface area contributed by atoms with E-state index < -0.39 is 0 Å². The van der Waals surface area contributed by atoms with Crippen molar-refractivity contribution >= 4 is 43.4 Å². The van der Waals surface area contributed by atoms with Crippen LogP contribution in [-0.2, 0) is 11.2 Å². The lowest BCUT2D eigenvalue weighted by atomic mass is 9.87. The summed E-state index contributed by atoms with van der Waals surface area (Å²) in [5.74, 6) is 1.13. The second-order valence-electron chi connectivity index (χ2n) is 5.60. The van der Waals surface area contributed by atoms with E-state index in [0.29, 0.717) is 18.3 Å². The minimum atomic E-state index is 0.190. The Labute approximate surface area is 130 Å². The molecule has 5 heteroatoms. The average molecular weight is 353 g/mol. The molecule has 1 N–H and O–H groups in total. The molecule has 2 heterocycles. The van der Waals surface area contributed by atoms with Gasteiger partial charge in [0.25, 0.3) is 0 Å². The van der Waals surface area contributed by atoms with Gasteiger partial charge < -0.3 is 5.32 Å². The number of carbonyl (C=O) groups excluding carboxylic acids is 1. The van der Waals surface area contributed by atoms with E-state index >= 15 is 0 Å². The lowest BCUT2D eigenvalue weighted by molar-refractivity contribution is -0.119. The molecule has 1 fully saturated rings. The molecule has 1 amide bonds. The molecule has 1 unspecified atom stereocenters. The summed E-state index contributed by atoms with van der Waals surface area (Å²) in [4.78, 5) is 15.9. The second kappa shape index (κ2) is 5.45. The average Bonchev–Trinajstić information content (AvgIpc) is 2.94. The monoisotopic (exact) mass is 352 g/mol. The summed E-state index contributed by atoms with van der Waals surface area (Å²) in [5.41, 5.74) is 2.41. The van der Waals surface area contributed by atoms with E-state index in [2.05, 4.69) is 45.3 Å². The first-order valence-corrected chi connectivity index (χ1v) is 8.46. The van der Waals surface area contributed by atoms with E-state index in [1.165, 1.54) is 10.3 Å². The molecule has 3 nitrogen and oxygen atoms in total. The molecule has 1 aromatic carbocycles. The first-order chi connectivity index (χ1) is 9.52. The number of aromatic nitrogens is 1. The fourth-order valence-electron chi connectivity index (χ4n) is 2.87. The van der Waals surface area contributed by atoms with Crippen molar-refractivity contribution < 1.29 is 4.79 Å². The number of nitrogens with one attached hydrogen (secondary N) is 1. The third-order valence-corrected chi connectivity index (χ3v) is 5.51. The van der Waals surface area contributed by atoms with Gasteiger partial charge in [0.2, 0.25) is 5.91 Å². The number of nitrogens with zero attached hydrogens (tertiary/aromatic N) is 1. The second-order valence-corrected chi connectivity index (χ2v) is 7.71. The molecule has 1 aromatic heterocycles. The smallest absolute Gasteiger partial charge is 0.220 e. The standard InChI is InChI=1S/C15H17BrN2OS/c1-8(11-5-14(19)17-7-11)3-10-4-12(16)6-13-15(10)20-9(2)18-13/h4,6,8,11H,3,5,7H2,1-2H3,(H,17,19)/t8-,11?/m0/s1. The van der Waals surface area contributed by atoms with Gasteiger partial charge >= 0.3 is 0 Å². The molecular weight excluding hydrogens is 336 g/mol. The SMILES string of the molecule is Cc1nc2cc(Br)cc(C[C@H](C)C3CNC(=O)C3)c2s1. The highest BCUT2D eigenvalue weighted by atomic mass is 79.9. The number of hydrogen-bond donors (Lipinski definition) is 1. The van der Waals surface area contributed by atoms with Crippen LogP contribution in [0.4, 0.5) is 0 Å². The van der Waals surface area contributed by atoms with Gasteiger partial charge in [0.15, 0.2) is 0 Å². The number of hydrogen-bond acceptors (Lipinski definition) is 3. The van der Waals surface area contributed by atoms with Gasteiger partial charge in [0.1, 0.15) is 0 Å². The molecule has 1 aliphatic heterocycles. The third-order valence-electron chi connectivity index (χ3n) is 3.99. The van der Waals surface area contributed by atoms with Crippen LogP contribution in [0.15, 0.2) is 16.6 Å². The van der Waals surface area contributed by atoms with E-state index in [1.807, 2.05) is 6.92 Å². The zero-order valence-electron chi connectivity index (χ0n) is 11.6. The van der Waals surface area contributed by atoms with Gasteiger partial charge in [-0.1, -0.05) is 22.9 Å². The normalized spacial score (nSPS) is 20.4. The first kappa shape index (κ1) is 14.0. The summed E-state index contributed by atoms with van der Waals surface area (Å²) in [5, 5.41) is 4.03. The molecule has 0 radical (unpaired) electrons. The van der Waals surface area contributed by atoms with Crippen LogP contribution in [0.3, 0.4) is 0 Å². The van der Waals surface area contributed by atoms with Crippen molar-refractivity contribution in [1.29, 1.82) is 0 Å². The number of rotatable bonds is 3. The van der Waals surface area contributed by atoms with Crippen LogP contribution in [0.1, 0.15) is 23.9 Å². The number of benzene rings is 1. The summed E-state index contributed by atoms with van der Waals surface area (Å²) in [7, 11) is 0. The van der Waals surface area contributed by atoms with Crippen molar-refractivity contribution in [2.75, 3.05) is 6.54 Å². The highest BCUT2D eigenvalue weighted by molar-refractivity contribution is 9.10. The van der Waals surface area contributed by atoms with Gasteiger partial charge in [0, 0.05) is 17.4 Å². The molecule has 3 rings (SSSR count). The van der Waals surface area contributed by atoms with Crippen LogP contribution >= 0.6 is 27.3 Å². The Morgan fingerprint density at radius 3 is 3.05 bits per heavy atom. The maximum atomic E-state index is 11.4. The van der Waals surface area contributed by atoms with Crippen LogP contribution in [-0.4, -0.2) is 17.4 Å². The van der Waals surface area contributed by atoms with Crippen LogP contribution in [0.5, 0.6) is 0 Å². The Morgan fingerprint density at radius 2 is 2.35 bits per heavy atom. The van der Waals surface area contributed by atoms with Crippen LogP contribution in [0.2, 0.25) is 0 Å². The van der Waals surface area contributed by atoms with Crippen molar-refractivity contribution in [3.8, 4) is 0 Å². The number of aryl methyl sites for hydroxylation is 1. The Kier molecular flexibility index (Phi) is 3.82. The van der Waals surface area contributed by atoms with E-state index in [9.17, 15) is 4.79 Å². The summed E-state index contributed by atoms with van der Waals surface area (Å²) in [6.07, 6.45) is 1.66. The van der Waals surface area contributed by atoms with Gasteiger partial charge in [0.05, 0.1) is 15.2 Å². The minimum Gasteiger partial charge on any atom is -0.356 e. The molecule has 0 saturated carbocycles. The lowest BCUT2D eigenvalue weighted by Crippen LogP contribution is -2.18. The molecule has 0 spiro atoms. The predicted octanol–water partition coefficient (Wildman–Crippen LogP) is 3.68. The molecule has 2 atom stereocenters.